The van der Waals surface area contributed by atoms with E-state index in [1.807, 2.05) is 0 Å². The van der Waals surface area contributed by atoms with Crippen LogP contribution in [0.4, 0.5) is 10.1 Å². The SMILES string of the molecule is Nc1ccc(S(=O)(=O)Cl)cc1F. The Hall–Kier alpha value is -0.810. The van der Waals surface area contributed by atoms with Crippen LogP contribution in [-0.4, -0.2) is 8.42 Å². The standard InChI is InChI=1S/C6H5ClFNO2S/c7-12(10,11)4-1-2-6(9)5(8)3-4/h1-3H,9H2. The van der Waals surface area contributed by atoms with Gasteiger partial charge in [-0.3, -0.25) is 0 Å². The summed E-state index contributed by atoms with van der Waals surface area (Å²) in [6, 6.07) is 3.06. The second kappa shape index (κ2) is 2.91. The molecular formula is C6H5ClFNO2S. The van der Waals surface area contributed by atoms with Crippen LogP contribution in [-0.2, 0) is 9.05 Å². The van der Waals surface area contributed by atoms with Crippen molar-refractivity contribution < 1.29 is 12.8 Å². The number of anilines is 1. The smallest absolute Gasteiger partial charge is 0.261 e. The van der Waals surface area contributed by atoms with Gasteiger partial charge in [-0.1, -0.05) is 0 Å². The van der Waals surface area contributed by atoms with Crippen LogP contribution < -0.4 is 5.73 Å². The van der Waals surface area contributed by atoms with Crippen LogP contribution in [0.2, 0.25) is 0 Å². The molecule has 0 aromatic heterocycles. The molecule has 0 aliphatic rings. The molecule has 6 heteroatoms. The number of rotatable bonds is 1. The maximum absolute atomic E-state index is 12.7. The minimum atomic E-state index is -3.87. The van der Waals surface area contributed by atoms with Crippen LogP contribution in [0.1, 0.15) is 0 Å². The average molecular weight is 210 g/mol. The lowest BCUT2D eigenvalue weighted by atomic mass is 10.3. The van der Waals surface area contributed by atoms with Crippen LogP contribution in [0, 0.1) is 5.82 Å². The third kappa shape index (κ3) is 1.86. The monoisotopic (exact) mass is 209 g/mol. The highest BCUT2D eigenvalue weighted by atomic mass is 35.7. The zero-order valence-corrected chi connectivity index (χ0v) is 7.36. The second-order valence-electron chi connectivity index (χ2n) is 2.12. The van der Waals surface area contributed by atoms with Gasteiger partial charge in [0, 0.05) is 10.7 Å². The summed E-state index contributed by atoms with van der Waals surface area (Å²) < 4.78 is 34.0. The largest absolute Gasteiger partial charge is 0.396 e. The second-order valence-corrected chi connectivity index (χ2v) is 4.69. The van der Waals surface area contributed by atoms with Gasteiger partial charge in [-0.2, -0.15) is 0 Å². The molecule has 66 valence electrons. The van der Waals surface area contributed by atoms with E-state index in [4.69, 9.17) is 16.4 Å². The predicted molar refractivity (Wildman–Crippen MR) is 43.9 cm³/mol. The average Bonchev–Trinajstić information content (AvgIpc) is 1.92. The summed E-state index contributed by atoms with van der Waals surface area (Å²) in [5.74, 6) is -0.795. The molecule has 0 saturated carbocycles. The Morgan fingerprint density at radius 1 is 1.42 bits per heavy atom. The molecule has 1 rings (SSSR count). The summed E-state index contributed by atoms with van der Waals surface area (Å²) in [6.45, 7) is 0. The molecule has 0 atom stereocenters. The summed E-state index contributed by atoms with van der Waals surface area (Å²) in [7, 11) is 1.08. The van der Waals surface area contributed by atoms with Gasteiger partial charge in [0.15, 0.2) is 0 Å². The van der Waals surface area contributed by atoms with Crippen molar-refractivity contribution in [3.05, 3.63) is 24.0 Å². The van der Waals surface area contributed by atoms with Crippen molar-refractivity contribution in [3.63, 3.8) is 0 Å². The predicted octanol–water partition coefficient (Wildman–Crippen LogP) is 1.34. The van der Waals surface area contributed by atoms with Crippen LogP contribution in [0.3, 0.4) is 0 Å². The molecule has 1 aromatic carbocycles. The van der Waals surface area contributed by atoms with E-state index in [1.54, 1.807) is 0 Å². The van der Waals surface area contributed by atoms with Crippen molar-refractivity contribution >= 4 is 25.4 Å². The quantitative estimate of drug-likeness (QED) is 0.561. The van der Waals surface area contributed by atoms with E-state index in [-0.39, 0.29) is 10.6 Å². The normalized spacial score (nSPS) is 11.5. The van der Waals surface area contributed by atoms with Gasteiger partial charge in [-0.25, -0.2) is 12.8 Å². The molecule has 0 radical (unpaired) electrons. The third-order valence-corrected chi connectivity index (χ3v) is 2.60. The fraction of sp³-hybridized carbons (Fsp3) is 0. The van der Waals surface area contributed by atoms with Gasteiger partial charge in [0.1, 0.15) is 5.82 Å². The molecule has 2 N–H and O–H groups in total. The molecule has 12 heavy (non-hydrogen) atoms. The molecule has 3 nitrogen and oxygen atoms in total. The van der Waals surface area contributed by atoms with Gasteiger partial charge in [-0.05, 0) is 18.2 Å². The molecule has 0 fully saturated rings. The van der Waals surface area contributed by atoms with E-state index in [9.17, 15) is 12.8 Å². The van der Waals surface area contributed by atoms with E-state index in [2.05, 4.69) is 0 Å². The van der Waals surface area contributed by atoms with Crippen molar-refractivity contribution in [3.8, 4) is 0 Å². The summed E-state index contributed by atoms with van der Waals surface area (Å²) in [4.78, 5) is -0.295. The first kappa shape index (κ1) is 9.28. The van der Waals surface area contributed by atoms with E-state index in [0.717, 1.165) is 18.2 Å². The summed E-state index contributed by atoms with van der Waals surface area (Å²) in [5, 5.41) is 0. The Morgan fingerprint density at radius 3 is 2.42 bits per heavy atom. The van der Waals surface area contributed by atoms with Crippen LogP contribution in [0.5, 0.6) is 0 Å². The van der Waals surface area contributed by atoms with Crippen molar-refractivity contribution in [1.29, 1.82) is 0 Å². The Morgan fingerprint density at radius 2 is 2.00 bits per heavy atom. The zero-order valence-electron chi connectivity index (χ0n) is 5.79. The van der Waals surface area contributed by atoms with Crippen LogP contribution in [0.25, 0.3) is 0 Å². The van der Waals surface area contributed by atoms with Gasteiger partial charge in [0.2, 0.25) is 0 Å². The molecule has 0 saturated heterocycles. The van der Waals surface area contributed by atoms with Crippen LogP contribution in [0.15, 0.2) is 23.1 Å². The summed E-state index contributed by atoms with van der Waals surface area (Å²) >= 11 is 0. The molecule has 0 unspecified atom stereocenters. The van der Waals surface area contributed by atoms with Crippen molar-refractivity contribution in [2.24, 2.45) is 0 Å². The van der Waals surface area contributed by atoms with Crippen molar-refractivity contribution in [1.82, 2.24) is 0 Å². The summed E-state index contributed by atoms with van der Waals surface area (Å²) in [5.41, 5.74) is 5.01. The highest BCUT2D eigenvalue weighted by molar-refractivity contribution is 8.13. The Balaban J connectivity index is 3.33. The molecule has 0 aliphatic heterocycles. The van der Waals surface area contributed by atoms with Crippen molar-refractivity contribution in [2.45, 2.75) is 4.90 Å². The molecule has 0 aliphatic carbocycles. The Kier molecular flexibility index (Phi) is 2.25. The number of hydrogen-bond donors (Lipinski definition) is 1. The summed E-state index contributed by atoms with van der Waals surface area (Å²) in [6.07, 6.45) is 0. The van der Waals surface area contributed by atoms with Gasteiger partial charge in [0.25, 0.3) is 9.05 Å². The number of nitrogens with two attached hydrogens (primary N) is 1. The van der Waals surface area contributed by atoms with E-state index in [0.29, 0.717) is 0 Å². The van der Waals surface area contributed by atoms with Crippen LogP contribution >= 0.6 is 10.7 Å². The lowest BCUT2D eigenvalue weighted by Gasteiger charge is -1.98. The number of halogens is 2. The first-order valence-electron chi connectivity index (χ1n) is 2.91. The maximum atomic E-state index is 12.7. The van der Waals surface area contributed by atoms with Gasteiger partial charge in [0.05, 0.1) is 10.6 Å². The molecular weight excluding hydrogens is 205 g/mol. The Bertz CT molecular complexity index is 404. The van der Waals surface area contributed by atoms with E-state index < -0.39 is 14.9 Å². The van der Waals surface area contributed by atoms with Gasteiger partial charge < -0.3 is 5.73 Å². The maximum Gasteiger partial charge on any atom is 0.261 e. The first-order chi connectivity index (χ1) is 5.41. The van der Waals surface area contributed by atoms with E-state index >= 15 is 0 Å². The molecule has 1 aromatic rings. The minimum absolute atomic E-state index is 0.112. The van der Waals surface area contributed by atoms with Gasteiger partial charge in [-0.15, -0.1) is 0 Å². The molecule has 0 heterocycles. The topological polar surface area (TPSA) is 60.2 Å². The number of benzene rings is 1. The number of hydrogen-bond acceptors (Lipinski definition) is 3. The minimum Gasteiger partial charge on any atom is -0.396 e. The molecule has 0 bridgehead atoms. The number of nitrogen functional groups attached to an aromatic ring is 1. The first-order valence-corrected chi connectivity index (χ1v) is 5.22. The van der Waals surface area contributed by atoms with Crippen molar-refractivity contribution in [2.75, 3.05) is 5.73 Å². The Labute approximate surface area is 73.4 Å². The fourth-order valence-corrected chi connectivity index (χ4v) is 1.42. The lowest BCUT2D eigenvalue weighted by Crippen LogP contribution is -1.95. The highest BCUT2D eigenvalue weighted by Crippen LogP contribution is 2.19. The lowest BCUT2D eigenvalue weighted by molar-refractivity contribution is 0.603. The third-order valence-electron chi connectivity index (χ3n) is 1.25. The van der Waals surface area contributed by atoms with E-state index in [1.165, 1.54) is 0 Å². The van der Waals surface area contributed by atoms with Gasteiger partial charge >= 0.3 is 0 Å². The highest BCUT2D eigenvalue weighted by Gasteiger charge is 2.11. The zero-order chi connectivity index (χ0) is 9.35. The molecule has 0 amide bonds. The fourth-order valence-electron chi connectivity index (χ4n) is 0.660. The molecule has 0 spiro atoms.